The number of ether oxygens (including phenoxy) is 1. The van der Waals surface area contributed by atoms with Crippen LogP contribution in [-0.4, -0.2) is 32.6 Å². The maximum absolute atomic E-state index is 13.2. The van der Waals surface area contributed by atoms with Gasteiger partial charge in [-0.1, -0.05) is 17.7 Å². The van der Waals surface area contributed by atoms with Crippen LogP contribution in [0.3, 0.4) is 0 Å². The fraction of sp³-hybridized carbons (Fsp3) is 0.286. The molecule has 1 aromatic carbocycles. The molecule has 9 nitrogen and oxygen atoms in total. The molecular weight excluding hydrogens is 424 g/mol. The lowest BCUT2D eigenvalue weighted by Gasteiger charge is -2.14. The topological polar surface area (TPSA) is 112 Å². The summed E-state index contributed by atoms with van der Waals surface area (Å²) in [5.41, 5.74) is 0.172. The summed E-state index contributed by atoms with van der Waals surface area (Å²) in [6, 6.07) is 6.41. The number of carbonyl (C=O) groups is 2. The van der Waals surface area contributed by atoms with Crippen LogP contribution in [0.25, 0.3) is 11.0 Å². The zero-order valence-electron chi connectivity index (χ0n) is 17.5. The molecule has 162 valence electrons. The van der Waals surface area contributed by atoms with Crippen molar-refractivity contribution in [3.63, 3.8) is 0 Å². The third-order valence-corrected chi connectivity index (χ3v) is 4.93. The van der Waals surface area contributed by atoms with Crippen molar-refractivity contribution in [2.24, 2.45) is 7.05 Å². The summed E-state index contributed by atoms with van der Waals surface area (Å²) in [7, 11) is 1.42. The molecule has 3 rings (SSSR count). The molecule has 0 atom stereocenters. The molecule has 0 bridgehead atoms. The highest BCUT2D eigenvalue weighted by Crippen LogP contribution is 2.20. The van der Waals surface area contributed by atoms with Crippen molar-refractivity contribution in [2.45, 2.75) is 27.3 Å². The standard InChI is InChI=1S/C21H21ClN4O5/c1-5-31-20(29)14-8-12(3)23-18-17(14)19(28)26(21(30)25(18)4)10-16(27)24-15-9-13(22)7-6-11(15)2/h6-9H,5,10H2,1-4H3,(H,24,27). The van der Waals surface area contributed by atoms with Gasteiger partial charge in [0, 0.05) is 23.5 Å². The van der Waals surface area contributed by atoms with E-state index in [4.69, 9.17) is 16.3 Å². The number of anilines is 1. The van der Waals surface area contributed by atoms with Gasteiger partial charge in [0.15, 0.2) is 0 Å². The summed E-state index contributed by atoms with van der Waals surface area (Å²) >= 11 is 5.97. The van der Waals surface area contributed by atoms with Crippen molar-refractivity contribution < 1.29 is 14.3 Å². The van der Waals surface area contributed by atoms with Gasteiger partial charge >= 0.3 is 11.7 Å². The molecule has 0 radical (unpaired) electrons. The summed E-state index contributed by atoms with van der Waals surface area (Å²) in [6.07, 6.45) is 0. The molecule has 0 unspecified atom stereocenters. The first-order chi connectivity index (χ1) is 14.6. The smallest absolute Gasteiger partial charge is 0.339 e. The maximum atomic E-state index is 13.2. The monoisotopic (exact) mass is 444 g/mol. The van der Waals surface area contributed by atoms with Crippen LogP contribution in [-0.2, 0) is 23.1 Å². The Morgan fingerprint density at radius 2 is 1.90 bits per heavy atom. The summed E-state index contributed by atoms with van der Waals surface area (Å²) in [6.45, 7) is 4.63. The number of amides is 1. The Bertz CT molecular complexity index is 1330. The molecule has 0 saturated carbocycles. The number of aryl methyl sites for hydroxylation is 3. The molecule has 31 heavy (non-hydrogen) atoms. The number of fused-ring (bicyclic) bond motifs is 1. The van der Waals surface area contributed by atoms with E-state index in [1.54, 1.807) is 39.0 Å². The van der Waals surface area contributed by atoms with E-state index in [-0.39, 0.29) is 23.2 Å². The van der Waals surface area contributed by atoms with Gasteiger partial charge in [-0.3, -0.25) is 18.7 Å². The van der Waals surface area contributed by atoms with E-state index in [1.165, 1.54) is 13.1 Å². The van der Waals surface area contributed by atoms with E-state index in [0.29, 0.717) is 16.4 Å². The number of aromatic nitrogens is 3. The van der Waals surface area contributed by atoms with Crippen molar-refractivity contribution >= 4 is 40.2 Å². The molecule has 0 spiro atoms. The molecular formula is C21H21ClN4O5. The minimum atomic E-state index is -0.799. The SMILES string of the molecule is CCOC(=O)c1cc(C)nc2c1c(=O)n(CC(=O)Nc1cc(Cl)ccc1C)c(=O)n2C. The van der Waals surface area contributed by atoms with Crippen LogP contribution in [0.2, 0.25) is 5.02 Å². The van der Waals surface area contributed by atoms with Gasteiger partial charge in [-0.25, -0.2) is 14.6 Å². The first-order valence-corrected chi connectivity index (χ1v) is 9.86. The molecule has 2 aromatic heterocycles. The molecule has 2 heterocycles. The van der Waals surface area contributed by atoms with Crippen LogP contribution in [0.5, 0.6) is 0 Å². The number of nitrogens with zero attached hydrogens (tertiary/aromatic N) is 3. The normalized spacial score (nSPS) is 10.9. The number of pyridine rings is 1. The van der Waals surface area contributed by atoms with E-state index in [2.05, 4.69) is 10.3 Å². The highest BCUT2D eigenvalue weighted by molar-refractivity contribution is 6.31. The van der Waals surface area contributed by atoms with Gasteiger partial charge in [0.25, 0.3) is 5.56 Å². The predicted octanol–water partition coefficient (Wildman–Crippen LogP) is 2.18. The average molecular weight is 445 g/mol. The van der Waals surface area contributed by atoms with Gasteiger partial charge in [-0.05, 0) is 44.5 Å². The van der Waals surface area contributed by atoms with E-state index in [9.17, 15) is 19.2 Å². The number of carbonyl (C=O) groups excluding carboxylic acids is 2. The fourth-order valence-electron chi connectivity index (χ4n) is 3.18. The van der Waals surface area contributed by atoms with Crippen molar-refractivity contribution in [1.29, 1.82) is 0 Å². The second-order valence-electron chi connectivity index (χ2n) is 6.97. The molecule has 1 amide bonds. The Balaban J connectivity index is 2.12. The molecule has 0 aliphatic rings. The van der Waals surface area contributed by atoms with Crippen LogP contribution < -0.4 is 16.6 Å². The number of halogens is 1. The molecule has 0 aliphatic heterocycles. The van der Waals surface area contributed by atoms with E-state index >= 15 is 0 Å². The summed E-state index contributed by atoms with van der Waals surface area (Å²) in [5.74, 6) is -1.30. The number of esters is 1. The molecule has 10 heteroatoms. The Morgan fingerprint density at radius 1 is 1.19 bits per heavy atom. The average Bonchev–Trinajstić information content (AvgIpc) is 2.71. The zero-order valence-corrected chi connectivity index (χ0v) is 18.2. The molecule has 0 fully saturated rings. The fourth-order valence-corrected chi connectivity index (χ4v) is 3.35. The zero-order chi connectivity index (χ0) is 22.9. The Morgan fingerprint density at radius 3 is 2.58 bits per heavy atom. The van der Waals surface area contributed by atoms with Crippen LogP contribution in [0.15, 0.2) is 33.9 Å². The number of hydrogen-bond donors (Lipinski definition) is 1. The number of nitrogens with one attached hydrogen (secondary N) is 1. The van der Waals surface area contributed by atoms with Crippen molar-refractivity contribution in [3.8, 4) is 0 Å². The minimum absolute atomic E-state index is 0.00945. The Hall–Kier alpha value is -3.46. The second-order valence-corrected chi connectivity index (χ2v) is 7.41. The van der Waals surface area contributed by atoms with Gasteiger partial charge < -0.3 is 10.1 Å². The van der Waals surface area contributed by atoms with E-state index in [0.717, 1.165) is 14.7 Å². The van der Waals surface area contributed by atoms with Crippen LogP contribution >= 0.6 is 11.6 Å². The van der Waals surface area contributed by atoms with Gasteiger partial charge in [-0.2, -0.15) is 0 Å². The van der Waals surface area contributed by atoms with Crippen LogP contribution in [0.1, 0.15) is 28.5 Å². The second kappa shape index (κ2) is 8.73. The first kappa shape index (κ1) is 22.2. The minimum Gasteiger partial charge on any atom is -0.462 e. The molecule has 1 N–H and O–H groups in total. The summed E-state index contributed by atoms with van der Waals surface area (Å²) < 4.78 is 6.94. The number of benzene rings is 1. The third-order valence-electron chi connectivity index (χ3n) is 4.69. The maximum Gasteiger partial charge on any atom is 0.339 e. The van der Waals surface area contributed by atoms with Crippen molar-refractivity contribution in [2.75, 3.05) is 11.9 Å². The summed E-state index contributed by atoms with van der Waals surface area (Å²) in [5, 5.41) is 3.00. The lowest BCUT2D eigenvalue weighted by atomic mass is 10.1. The lowest BCUT2D eigenvalue weighted by Crippen LogP contribution is -2.42. The first-order valence-electron chi connectivity index (χ1n) is 9.48. The Kier molecular flexibility index (Phi) is 6.26. The van der Waals surface area contributed by atoms with Gasteiger partial charge in [0.2, 0.25) is 5.91 Å². The largest absolute Gasteiger partial charge is 0.462 e. The Labute approximate surface area is 182 Å². The van der Waals surface area contributed by atoms with Gasteiger partial charge in [0.05, 0.1) is 17.6 Å². The molecule has 0 aliphatic carbocycles. The quantitative estimate of drug-likeness (QED) is 0.603. The van der Waals surface area contributed by atoms with E-state index in [1.807, 2.05) is 0 Å². The molecule has 0 saturated heterocycles. The predicted molar refractivity (Wildman–Crippen MR) is 117 cm³/mol. The van der Waals surface area contributed by atoms with Crippen molar-refractivity contribution in [3.05, 3.63) is 66.9 Å². The van der Waals surface area contributed by atoms with Gasteiger partial charge in [-0.15, -0.1) is 0 Å². The van der Waals surface area contributed by atoms with Crippen LogP contribution in [0.4, 0.5) is 5.69 Å². The van der Waals surface area contributed by atoms with Crippen LogP contribution in [0, 0.1) is 13.8 Å². The van der Waals surface area contributed by atoms with Gasteiger partial charge in [0.1, 0.15) is 12.2 Å². The summed E-state index contributed by atoms with van der Waals surface area (Å²) in [4.78, 5) is 55.2. The number of hydrogen-bond acceptors (Lipinski definition) is 6. The highest BCUT2D eigenvalue weighted by atomic mass is 35.5. The highest BCUT2D eigenvalue weighted by Gasteiger charge is 2.22. The van der Waals surface area contributed by atoms with E-state index < -0.39 is 29.7 Å². The lowest BCUT2D eigenvalue weighted by molar-refractivity contribution is -0.116. The van der Waals surface area contributed by atoms with Crippen molar-refractivity contribution in [1.82, 2.24) is 14.1 Å². The third kappa shape index (κ3) is 4.36. The number of rotatable bonds is 5. The molecule has 3 aromatic rings.